The summed E-state index contributed by atoms with van der Waals surface area (Å²) in [6.07, 6.45) is 1.11. The molecule has 3 rings (SSSR count). The van der Waals surface area contributed by atoms with Crippen molar-refractivity contribution in [2.45, 2.75) is 24.4 Å². The van der Waals surface area contributed by atoms with Crippen molar-refractivity contribution in [2.75, 3.05) is 46.1 Å². The molecule has 3 N–H and O–H groups in total. The van der Waals surface area contributed by atoms with Gasteiger partial charge in [0.2, 0.25) is 5.91 Å². The van der Waals surface area contributed by atoms with Crippen molar-refractivity contribution in [3.8, 4) is 0 Å². The van der Waals surface area contributed by atoms with E-state index in [4.69, 9.17) is 26.8 Å². The first-order chi connectivity index (χ1) is 12.1. The Labute approximate surface area is 153 Å². The maximum Gasteiger partial charge on any atom is 0.240 e. The van der Waals surface area contributed by atoms with Crippen molar-refractivity contribution >= 4 is 17.5 Å². The van der Waals surface area contributed by atoms with E-state index in [2.05, 4.69) is 10.2 Å². The summed E-state index contributed by atoms with van der Waals surface area (Å²) in [4.78, 5) is 15.0. The van der Waals surface area contributed by atoms with Crippen LogP contribution in [0.2, 0.25) is 5.02 Å². The van der Waals surface area contributed by atoms with Gasteiger partial charge in [-0.1, -0.05) is 23.7 Å². The third-order valence-electron chi connectivity index (χ3n) is 5.01. The quantitative estimate of drug-likeness (QED) is 0.821. The van der Waals surface area contributed by atoms with Crippen LogP contribution in [0.1, 0.15) is 24.4 Å². The summed E-state index contributed by atoms with van der Waals surface area (Å²) >= 11 is 6.17. The summed E-state index contributed by atoms with van der Waals surface area (Å²) < 4.78 is 10.8. The van der Waals surface area contributed by atoms with Crippen molar-refractivity contribution in [3.63, 3.8) is 0 Å². The van der Waals surface area contributed by atoms with Crippen LogP contribution < -0.4 is 11.1 Å². The van der Waals surface area contributed by atoms with Gasteiger partial charge in [-0.25, -0.2) is 0 Å². The smallest absolute Gasteiger partial charge is 0.240 e. The predicted octanol–water partition coefficient (Wildman–Crippen LogP) is 1.34. The monoisotopic (exact) mass is 367 g/mol. The first-order valence-electron chi connectivity index (χ1n) is 8.81. The van der Waals surface area contributed by atoms with Gasteiger partial charge in [-0.3, -0.25) is 9.69 Å². The van der Waals surface area contributed by atoms with Crippen molar-refractivity contribution < 1.29 is 14.3 Å². The molecule has 6 nitrogen and oxygen atoms in total. The second-order valence-electron chi connectivity index (χ2n) is 6.70. The minimum atomic E-state index is -0.831. The number of carbonyl (C=O) groups is 1. The lowest BCUT2D eigenvalue weighted by atomic mass is 9.90. The van der Waals surface area contributed by atoms with E-state index >= 15 is 0 Å². The Hall–Kier alpha value is -1.18. The zero-order valence-electron chi connectivity index (χ0n) is 14.4. The predicted molar refractivity (Wildman–Crippen MR) is 96.6 cm³/mol. The summed E-state index contributed by atoms with van der Waals surface area (Å²) in [5, 5.41) is 3.76. The van der Waals surface area contributed by atoms with E-state index in [1.165, 1.54) is 0 Å². The molecule has 0 saturated carbocycles. The molecule has 0 radical (unpaired) electrons. The Bertz CT molecular complexity index is 587. The molecule has 1 amide bonds. The second kappa shape index (κ2) is 8.47. The molecule has 25 heavy (non-hydrogen) atoms. The summed E-state index contributed by atoms with van der Waals surface area (Å²) in [5.74, 6) is -0.101. The number of carbonyl (C=O) groups excluding carboxylic acids is 1. The fourth-order valence-corrected chi connectivity index (χ4v) is 3.59. The number of nitrogens with one attached hydrogen (secondary N) is 1. The lowest BCUT2D eigenvalue weighted by molar-refractivity contribution is -0.130. The van der Waals surface area contributed by atoms with Crippen LogP contribution >= 0.6 is 11.6 Å². The fraction of sp³-hybridized carbons (Fsp3) is 0.611. The van der Waals surface area contributed by atoms with E-state index in [1.807, 2.05) is 24.3 Å². The van der Waals surface area contributed by atoms with Gasteiger partial charge in [-0.2, -0.15) is 0 Å². The molecule has 1 atom stereocenters. The molecular formula is C18H26ClN3O3. The van der Waals surface area contributed by atoms with E-state index in [0.29, 0.717) is 50.8 Å². The maximum absolute atomic E-state index is 12.6. The molecule has 0 spiro atoms. The van der Waals surface area contributed by atoms with Crippen molar-refractivity contribution in [2.24, 2.45) is 5.73 Å². The number of hydrogen-bond donors (Lipinski definition) is 2. The molecular weight excluding hydrogens is 342 g/mol. The van der Waals surface area contributed by atoms with E-state index < -0.39 is 5.54 Å². The number of nitrogens with zero attached hydrogens (tertiary/aromatic N) is 1. The minimum absolute atomic E-state index is 0.0509. The SMILES string of the molecule is NC1(C(=O)NCC(c2cccc(Cl)c2)N2CCOCC2)CCOCC1. The maximum atomic E-state index is 12.6. The summed E-state index contributed by atoms with van der Waals surface area (Å²) in [7, 11) is 0. The Kier molecular flexibility index (Phi) is 6.30. The second-order valence-corrected chi connectivity index (χ2v) is 7.13. The highest BCUT2D eigenvalue weighted by atomic mass is 35.5. The summed E-state index contributed by atoms with van der Waals surface area (Å²) in [5.41, 5.74) is 6.54. The average Bonchev–Trinajstić information content (AvgIpc) is 2.63. The number of ether oxygens (including phenoxy) is 2. The Morgan fingerprint density at radius 2 is 1.92 bits per heavy atom. The number of hydrogen-bond acceptors (Lipinski definition) is 5. The molecule has 0 aliphatic carbocycles. The first-order valence-corrected chi connectivity index (χ1v) is 9.18. The number of benzene rings is 1. The molecule has 2 saturated heterocycles. The molecule has 2 fully saturated rings. The van der Waals surface area contributed by atoms with Gasteiger partial charge in [-0.15, -0.1) is 0 Å². The van der Waals surface area contributed by atoms with Crippen molar-refractivity contribution in [1.82, 2.24) is 10.2 Å². The van der Waals surface area contributed by atoms with Crippen LogP contribution in [-0.4, -0.2) is 62.4 Å². The summed E-state index contributed by atoms with van der Waals surface area (Å²) in [6, 6.07) is 7.85. The van der Waals surface area contributed by atoms with Gasteiger partial charge in [0.25, 0.3) is 0 Å². The van der Waals surface area contributed by atoms with Crippen molar-refractivity contribution in [3.05, 3.63) is 34.9 Å². The largest absolute Gasteiger partial charge is 0.381 e. The average molecular weight is 368 g/mol. The molecule has 0 aromatic heterocycles. The zero-order valence-corrected chi connectivity index (χ0v) is 15.1. The lowest BCUT2D eigenvalue weighted by Crippen LogP contribution is -2.58. The van der Waals surface area contributed by atoms with Gasteiger partial charge < -0.3 is 20.5 Å². The molecule has 0 bridgehead atoms. The van der Waals surface area contributed by atoms with E-state index in [-0.39, 0.29) is 11.9 Å². The van der Waals surface area contributed by atoms with Gasteiger partial charge in [0, 0.05) is 37.9 Å². The number of nitrogens with two attached hydrogens (primary N) is 1. The van der Waals surface area contributed by atoms with Gasteiger partial charge in [0.15, 0.2) is 0 Å². The highest BCUT2D eigenvalue weighted by Gasteiger charge is 2.36. The van der Waals surface area contributed by atoms with Gasteiger partial charge >= 0.3 is 0 Å². The topological polar surface area (TPSA) is 76.8 Å². The standard InChI is InChI=1S/C18H26ClN3O3/c19-15-3-1-2-14(12-15)16(22-6-10-25-11-7-22)13-21-17(23)18(20)4-8-24-9-5-18/h1-3,12,16H,4-11,13,20H2,(H,21,23). The van der Waals surface area contributed by atoms with Gasteiger partial charge in [0.05, 0.1) is 24.8 Å². The highest BCUT2D eigenvalue weighted by Crippen LogP contribution is 2.25. The highest BCUT2D eigenvalue weighted by molar-refractivity contribution is 6.30. The third kappa shape index (κ3) is 4.71. The van der Waals surface area contributed by atoms with E-state index in [1.54, 1.807) is 0 Å². The van der Waals surface area contributed by atoms with Crippen LogP contribution in [0.5, 0.6) is 0 Å². The Morgan fingerprint density at radius 1 is 1.24 bits per heavy atom. The lowest BCUT2D eigenvalue weighted by Gasteiger charge is -2.36. The molecule has 7 heteroatoms. The molecule has 2 aliphatic rings. The van der Waals surface area contributed by atoms with Gasteiger partial charge in [0.1, 0.15) is 0 Å². The Morgan fingerprint density at radius 3 is 2.60 bits per heavy atom. The van der Waals surface area contributed by atoms with Gasteiger partial charge in [-0.05, 0) is 30.5 Å². The zero-order chi connectivity index (χ0) is 17.7. The van der Waals surface area contributed by atoms with Crippen LogP contribution in [0, 0.1) is 0 Å². The number of rotatable bonds is 5. The van der Waals surface area contributed by atoms with E-state index in [9.17, 15) is 4.79 Å². The minimum Gasteiger partial charge on any atom is -0.381 e. The first kappa shape index (κ1) is 18.6. The molecule has 1 unspecified atom stereocenters. The van der Waals surface area contributed by atoms with Crippen molar-refractivity contribution in [1.29, 1.82) is 0 Å². The molecule has 2 heterocycles. The number of halogens is 1. The molecule has 1 aromatic carbocycles. The molecule has 138 valence electrons. The number of amides is 1. The van der Waals surface area contributed by atoms with Crippen LogP contribution in [-0.2, 0) is 14.3 Å². The fourth-order valence-electron chi connectivity index (χ4n) is 3.39. The van der Waals surface area contributed by atoms with Crippen LogP contribution in [0.3, 0.4) is 0 Å². The van der Waals surface area contributed by atoms with Crippen LogP contribution in [0.15, 0.2) is 24.3 Å². The normalized spacial score (nSPS) is 22.3. The Balaban J connectivity index is 1.70. The summed E-state index contributed by atoms with van der Waals surface area (Å²) in [6.45, 7) is 4.62. The van der Waals surface area contributed by atoms with E-state index in [0.717, 1.165) is 18.7 Å². The van der Waals surface area contributed by atoms with Crippen LogP contribution in [0.25, 0.3) is 0 Å². The third-order valence-corrected chi connectivity index (χ3v) is 5.25. The number of morpholine rings is 1. The van der Waals surface area contributed by atoms with Crippen LogP contribution in [0.4, 0.5) is 0 Å². The molecule has 1 aromatic rings. The molecule has 2 aliphatic heterocycles.